The van der Waals surface area contributed by atoms with E-state index in [9.17, 15) is 0 Å². The van der Waals surface area contributed by atoms with Crippen molar-refractivity contribution in [1.29, 1.82) is 0 Å². The third-order valence-corrected chi connectivity index (χ3v) is 4.88. The molecule has 0 atom stereocenters. The Hall–Kier alpha value is -3.06. The third-order valence-electron chi connectivity index (χ3n) is 4.88. The molecule has 0 saturated heterocycles. The monoisotopic (exact) mass is 412 g/mol. The number of nitrogens with two attached hydrogens (primary N) is 1. The van der Waals surface area contributed by atoms with E-state index in [0.29, 0.717) is 17.9 Å². The van der Waals surface area contributed by atoms with Crippen LogP contribution in [-0.4, -0.2) is 31.8 Å². The quantitative estimate of drug-likeness (QED) is 0.473. The summed E-state index contributed by atoms with van der Waals surface area (Å²) in [5, 5.41) is 8.53. The molecule has 0 aliphatic heterocycles. The molecule has 0 radical (unpaired) electrons. The van der Waals surface area contributed by atoms with Crippen molar-refractivity contribution in [2.24, 2.45) is 0 Å². The number of hydrogen-bond acceptors (Lipinski definition) is 5. The fourth-order valence-corrected chi connectivity index (χ4v) is 3.39. The van der Waals surface area contributed by atoms with Gasteiger partial charge in [0.2, 0.25) is 0 Å². The van der Waals surface area contributed by atoms with Crippen molar-refractivity contribution >= 4 is 29.3 Å². The highest BCUT2D eigenvalue weighted by atomic mass is 35.5. The van der Waals surface area contributed by atoms with Gasteiger partial charge in [-0.05, 0) is 36.2 Å². The number of aryl methyl sites for hydroxylation is 1. The summed E-state index contributed by atoms with van der Waals surface area (Å²) in [6, 6.07) is 12.0. The maximum Gasteiger partial charge on any atom is 0.174 e. The Balaban J connectivity index is 0.00000240. The number of nitrogen functional groups attached to an aromatic ring is 1. The fourth-order valence-electron chi connectivity index (χ4n) is 3.39. The van der Waals surface area contributed by atoms with Gasteiger partial charge in [0.15, 0.2) is 5.82 Å². The van der Waals surface area contributed by atoms with Crippen molar-refractivity contribution in [2.75, 3.05) is 12.8 Å². The standard InChI is InChI=1S/C21H24N6O.ClH/c1-3-4-7-17-24-19-20(18(25-26-21(19)22)16-6-5-12-23-16)27(17)13-14-8-10-15(28-2)11-9-14;/h5-6,8-12,23H,3-4,7,13H2,1-2H3,(H2,22,26);1H. The van der Waals surface area contributed by atoms with Gasteiger partial charge in [0.05, 0.1) is 12.8 Å². The molecule has 7 nitrogen and oxygen atoms in total. The first kappa shape index (κ1) is 20.7. The predicted molar refractivity (Wildman–Crippen MR) is 117 cm³/mol. The molecular formula is C21H25ClN6O. The van der Waals surface area contributed by atoms with Crippen molar-refractivity contribution in [1.82, 2.24) is 24.7 Å². The number of imidazole rings is 1. The van der Waals surface area contributed by atoms with E-state index in [1.807, 2.05) is 30.5 Å². The molecule has 0 fully saturated rings. The van der Waals surface area contributed by atoms with Crippen molar-refractivity contribution < 1.29 is 4.74 Å². The van der Waals surface area contributed by atoms with E-state index in [2.05, 4.69) is 38.8 Å². The van der Waals surface area contributed by atoms with Crippen LogP contribution in [0.3, 0.4) is 0 Å². The van der Waals surface area contributed by atoms with E-state index in [1.54, 1.807) is 7.11 Å². The molecule has 0 amide bonds. The van der Waals surface area contributed by atoms with Gasteiger partial charge in [-0.25, -0.2) is 4.98 Å². The smallest absolute Gasteiger partial charge is 0.174 e. The minimum absolute atomic E-state index is 0. The molecule has 0 aliphatic rings. The molecule has 0 spiro atoms. The number of methoxy groups -OCH3 is 1. The molecule has 0 saturated carbocycles. The van der Waals surface area contributed by atoms with Crippen LogP contribution >= 0.6 is 12.4 Å². The Morgan fingerprint density at radius 1 is 1.14 bits per heavy atom. The van der Waals surface area contributed by atoms with Gasteiger partial charge in [-0.2, -0.15) is 0 Å². The first-order chi connectivity index (χ1) is 13.7. The second-order valence-electron chi connectivity index (χ2n) is 6.78. The molecule has 0 aliphatic carbocycles. The average Bonchev–Trinajstić information content (AvgIpc) is 3.37. The predicted octanol–water partition coefficient (Wildman–Crippen LogP) is 4.22. The molecule has 4 aromatic rings. The number of rotatable bonds is 7. The molecule has 3 heterocycles. The number of H-pyrrole nitrogens is 1. The van der Waals surface area contributed by atoms with Crippen molar-refractivity contribution in [2.45, 2.75) is 32.7 Å². The van der Waals surface area contributed by atoms with Crippen LogP contribution in [0.2, 0.25) is 0 Å². The summed E-state index contributed by atoms with van der Waals surface area (Å²) in [5.74, 6) is 2.20. The van der Waals surface area contributed by atoms with Crippen LogP contribution in [0, 0.1) is 0 Å². The van der Waals surface area contributed by atoms with E-state index < -0.39 is 0 Å². The Labute approximate surface area is 175 Å². The number of halogens is 1. The van der Waals surface area contributed by atoms with Crippen LogP contribution in [0.25, 0.3) is 22.4 Å². The summed E-state index contributed by atoms with van der Waals surface area (Å²) in [5.41, 5.74) is 10.6. The number of aromatic nitrogens is 5. The van der Waals surface area contributed by atoms with Gasteiger partial charge < -0.3 is 20.0 Å². The highest BCUT2D eigenvalue weighted by molar-refractivity contribution is 5.94. The van der Waals surface area contributed by atoms with E-state index in [4.69, 9.17) is 15.5 Å². The lowest BCUT2D eigenvalue weighted by Crippen LogP contribution is -2.07. The van der Waals surface area contributed by atoms with Crippen molar-refractivity contribution in [3.8, 4) is 17.1 Å². The zero-order valence-electron chi connectivity index (χ0n) is 16.6. The summed E-state index contributed by atoms with van der Waals surface area (Å²) in [6.45, 7) is 2.86. The Kier molecular flexibility index (Phi) is 6.39. The number of unbranched alkanes of at least 4 members (excludes halogenated alkanes) is 1. The number of hydrogen-bond donors (Lipinski definition) is 2. The van der Waals surface area contributed by atoms with Crippen LogP contribution in [0.4, 0.5) is 5.82 Å². The number of nitrogens with one attached hydrogen (secondary N) is 1. The largest absolute Gasteiger partial charge is 0.497 e. The average molecular weight is 413 g/mol. The number of anilines is 1. The first-order valence-electron chi connectivity index (χ1n) is 9.49. The maximum atomic E-state index is 6.14. The molecule has 4 rings (SSSR count). The lowest BCUT2D eigenvalue weighted by atomic mass is 10.2. The van der Waals surface area contributed by atoms with Crippen LogP contribution in [0.1, 0.15) is 31.2 Å². The van der Waals surface area contributed by atoms with Gasteiger partial charge in [0.1, 0.15) is 28.3 Å². The first-order valence-corrected chi connectivity index (χ1v) is 9.49. The third kappa shape index (κ3) is 4.05. The summed E-state index contributed by atoms with van der Waals surface area (Å²) in [6.07, 6.45) is 4.91. The number of ether oxygens (including phenoxy) is 1. The SMILES string of the molecule is CCCCc1nc2c(N)nnc(-c3ccc[nH]3)c2n1Cc1ccc(OC)cc1.Cl. The van der Waals surface area contributed by atoms with Gasteiger partial charge in [0.25, 0.3) is 0 Å². The van der Waals surface area contributed by atoms with E-state index in [1.165, 1.54) is 0 Å². The highest BCUT2D eigenvalue weighted by Gasteiger charge is 2.20. The van der Waals surface area contributed by atoms with Crippen LogP contribution in [0.5, 0.6) is 5.75 Å². The molecule has 3 N–H and O–H groups in total. The van der Waals surface area contributed by atoms with E-state index in [0.717, 1.165) is 53.3 Å². The summed E-state index contributed by atoms with van der Waals surface area (Å²) in [7, 11) is 1.67. The molecule has 1 aromatic carbocycles. The molecule has 29 heavy (non-hydrogen) atoms. The normalized spacial score (nSPS) is 10.8. The molecular weight excluding hydrogens is 388 g/mol. The minimum atomic E-state index is 0. The second kappa shape index (κ2) is 8.96. The van der Waals surface area contributed by atoms with Gasteiger partial charge in [-0.1, -0.05) is 25.5 Å². The molecule has 152 valence electrons. The van der Waals surface area contributed by atoms with Crippen LogP contribution in [-0.2, 0) is 13.0 Å². The van der Waals surface area contributed by atoms with Gasteiger partial charge >= 0.3 is 0 Å². The Morgan fingerprint density at radius 2 is 1.93 bits per heavy atom. The number of fused-ring (bicyclic) bond motifs is 1. The molecule has 0 unspecified atom stereocenters. The van der Waals surface area contributed by atoms with E-state index >= 15 is 0 Å². The van der Waals surface area contributed by atoms with Crippen LogP contribution < -0.4 is 10.5 Å². The summed E-state index contributed by atoms with van der Waals surface area (Å²) < 4.78 is 7.49. The summed E-state index contributed by atoms with van der Waals surface area (Å²) >= 11 is 0. The van der Waals surface area contributed by atoms with Crippen molar-refractivity contribution in [3.63, 3.8) is 0 Å². The highest BCUT2D eigenvalue weighted by Crippen LogP contribution is 2.30. The van der Waals surface area contributed by atoms with Gasteiger partial charge in [0, 0.05) is 19.2 Å². The number of aromatic amines is 1. The maximum absolute atomic E-state index is 6.14. The van der Waals surface area contributed by atoms with Gasteiger partial charge in [-0.3, -0.25) is 0 Å². The Morgan fingerprint density at radius 3 is 2.59 bits per heavy atom. The minimum Gasteiger partial charge on any atom is -0.497 e. The zero-order chi connectivity index (χ0) is 19.5. The number of benzene rings is 1. The lowest BCUT2D eigenvalue weighted by Gasteiger charge is -2.11. The fraction of sp³-hybridized carbons (Fsp3) is 0.286. The number of nitrogens with zero attached hydrogens (tertiary/aromatic N) is 4. The molecule has 8 heteroatoms. The zero-order valence-corrected chi connectivity index (χ0v) is 17.4. The van der Waals surface area contributed by atoms with Crippen LogP contribution in [0.15, 0.2) is 42.6 Å². The van der Waals surface area contributed by atoms with Gasteiger partial charge in [-0.15, -0.1) is 22.6 Å². The second-order valence-corrected chi connectivity index (χ2v) is 6.78. The van der Waals surface area contributed by atoms with Crippen molar-refractivity contribution in [3.05, 3.63) is 54.0 Å². The topological polar surface area (TPSA) is 94.6 Å². The summed E-state index contributed by atoms with van der Waals surface area (Å²) in [4.78, 5) is 8.07. The van der Waals surface area contributed by atoms with E-state index in [-0.39, 0.29) is 12.4 Å². The lowest BCUT2D eigenvalue weighted by molar-refractivity contribution is 0.414. The Bertz CT molecular complexity index is 1070. The molecule has 0 bridgehead atoms. The molecule has 3 aromatic heterocycles.